The molecule has 1 N–H and O–H groups in total. The van der Waals surface area contributed by atoms with E-state index in [1.165, 1.54) is 5.56 Å². The van der Waals surface area contributed by atoms with E-state index in [1.54, 1.807) is 12.3 Å². The summed E-state index contributed by atoms with van der Waals surface area (Å²) in [4.78, 5) is 19.3. The molecule has 3 aromatic rings. The molecule has 1 unspecified atom stereocenters. The predicted octanol–water partition coefficient (Wildman–Crippen LogP) is 4.82. The molecule has 4 rings (SSSR count). The Balaban J connectivity index is 1.54. The van der Waals surface area contributed by atoms with Gasteiger partial charge in [0.1, 0.15) is 11.4 Å². The second kappa shape index (κ2) is 7.72. The average molecular weight is 373 g/mol. The highest BCUT2D eigenvalue weighted by Crippen LogP contribution is 2.33. The van der Waals surface area contributed by atoms with Gasteiger partial charge < -0.3 is 15.0 Å². The number of ether oxygens (including phenoxy) is 1. The summed E-state index contributed by atoms with van der Waals surface area (Å²) >= 11 is 0. The van der Waals surface area contributed by atoms with Crippen molar-refractivity contribution in [3.63, 3.8) is 0 Å². The van der Waals surface area contributed by atoms with E-state index in [0.29, 0.717) is 12.3 Å². The first-order chi connectivity index (χ1) is 13.7. The van der Waals surface area contributed by atoms with Gasteiger partial charge in [-0.05, 0) is 68.3 Å². The van der Waals surface area contributed by atoms with Gasteiger partial charge in [0, 0.05) is 29.3 Å². The van der Waals surface area contributed by atoms with Gasteiger partial charge >= 0.3 is 0 Å². The number of carbonyl (C=O) groups is 1. The number of aromatic nitrogens is 1. The van der Waals surface area contributed by atoms with Crippen LogP contribution < -0.4 is 15.0 Å². The first-order valence-electron chi connectivity index (χ1n) is 9.53. The van der Waals surface area contributed by atoms with Crippen LogP contribution in [0.3, 0.4) is 0 Å². The molecule has 0 aliphatic carbocycles. The van der Waals surface area contributed by atoms with E-state index in [9.17, 15) is 4.79 Å². The quantitative estimate of drug-likeness (QED) is 0.697. The van der Waals surface area contributed by atoms with E-state index >= 15 is 0 Å². The number of amides is 1. The smallest absolute Gasteiger partial charge is 0.277 e. The van der Waals surface area contributed by atoms with Gasteiger partial charge in [-0.1, -0.05) is 18.2 Å². The molecule has 1 aliphatic rings. The number of nitrogens with one attached hydrogen (secondary N) is 1. The zero-order valence-electron chi connectivity index (χ0n) is 16.1. The van der Waals surface area contributed by atoms with Crippen LogP contribution in [0, 0.1) is 0 Å². The van der Waals surface area contributed by atoms with Crippen LogP contribution >= 0.6 is 0 Å². The summed E-state index contributed by atoms with van der Waals surface area (Å²) in [6.45, 7) is 4.67. The number of hydrogen-bond acceptors (Lipinski definition) is 4. The van der Waals surface area contributed by atoms with E-state index in [1.807, 2.05) is 60.4 Å². The highest BCUT2D eigenvalue weighted by Gasteiger charge is 2.31. The highest BCUT2D eigenvalue weighted by atomic mass is 16.5. The summed E-state index contributed by atoms with van der Waals surface area (Å²) in [5.74, 6) is 0.758. The molecule has 0 spiro atoms. The number of fused-ring (bicyclic) bond motifs is 1. The summed E-state index contributed by atoms with van der Waals surface area (Å²) in [5.41, 5.74) is 4.36. The van der Waals surface area contributed by atoms with E-state index in [0.717, 1.165) is 29.2 Å². The van der Waals surface area contributed by atoms with Crippen molar-refractivity contribution in [2.75, 3.05) is 16.8 Å². The lowest BCUT2D eigenvalue weighted by Gasteiger charge is -2.22. The maximum Gasteiger partial charge on any atom is 0.277 e. The number of pyridine rings is 1. The Morgan fingerprint density at radius 2 is 1.93 bits per heavy atom. The van der Waals surface area contributed by atoms with E-state index in [2.05, 4.69) is 23.3 Å². The molecule has 1 amide bonds. The summed E-state index contributed by atoms with van der Waals surface area (Å²) in [6, 6.07) is 19.6. The molecule has 0 fully saturated rings. The summed E-state index contributed by atoms with van der Waals surface area (Å²) in [6.07, 6.45) is 2.53. The van der Waals surface area contributed by atoms with Crippen molar-refractivity contribution >= 4 is 23.0 Å². The van der Waals surface area contributed by atoms with Crippen molar-refractivity contribution in [3.8, 4) is 5.75 Å². The van der Waals surface area contributed by atoms with Gasteiger partial charge in [0.2, 0.25) is 0 Å². The lowest BCUT2D eigenvalue weighted by atomic mass is 10.1. The summed E-state index contributed by atoms with van der Waals surface area (Å²) < 4.78 is 5.47. The maximum absolute atomic E-state index is 13.2. The third-order valence-electron chi connectivity index (χ3n) is 4.86. The van der Waals surface area contributed by atoms with Gasteiger partial charge in [-0.3, -0.25) is 9.78 Å². The van der Waals surface area contributed by atoms with Crippen molar-refractivity contribution < 1.29 is 9.53 Å². The minimum Gasteiger partial charge on any atom is -0.494 e. The Kier molecular flexibility index (Phi) is 4.98. The molecule has 2 aromatic carbocycles. The Bertz CT molecular complexity index is 985. The molecule has 142 valence electrons. The maximum atomic E-state index is 13.2. The van der Waals surface area contributed by atoms with Crippen LogP contribution in [0.5, 0.6) is 5.75 Å². The van der Waals surface area contributed by atoms with E-state index < -0.39 is 0 Å². The third-order valence-corrected chi connectivity index (χ3v) is 4.86. The van der Waals surface area contributed by atoms with Crippen molar-refractivity contribution in [1.29, 1.82) is 0 Å². The molecular weight excluding hydrogens is 350 g/mol. The van der Waals surface area contributed by atoms with Crippen molar-refractivity contribution in [3.05, 3.63) is 78.1 Å². The monoisotopic (exact) mass is 373 g/mol. The topological polar surface area (TPSA) is 54.5 Å². The number of anilines is 3. The van der Waals surface area contributed by atoms with Gasteiger partial charge in [0.05, 0.1) is 6.61 Å². The molecule has 0 saturated carbocycles. The Morgan fingerprint density at radius 1 is 1.14 bits per heavy atom. The largest absolute Gasteiger partial charge is 0.494 e. The fourth-order valence-electron chi connectivity index (χ4n) is 3.59. The lowest BCUT2D eigenvalue weighted by Crippen LogP contribution is -2.36. The zero-order valence-corrected chi connectivity index (χ0v) is 16.1. The van der Waals surface area contributed by atoms with Crippen molar-refractivity contribution in [2.24, 2.45) is 0 Å². The standard InChI is InChI=1S/C23H23N3O2/c1-3-28-20-10-8-18(9-11-20)25-19-12-13-24-21(15-19)23(27)26-16(2)14-17-6-4-5-7-22(17)26/h4-13,15-16H,3,14H2,1-2H3,(H,24,25). The zero-order chi connectivity index (χ0) is 19.5. The van der Waals surface area contributed by atoms with Gasteiger partial charge in [0.25, 0.3) is 5.91 Å². The molecule has 0 radical (unpaired) electrons. The fourth-order valence-corrected chi connectivity index (χ4v) is 3.59. The lowest BCUT2D eigenvalue weighted by molar-refractivity contribution is 0.0976. The normalized spacial score (nSPS) is 15.2. The molecule has 5 nitrogen and oxygen atoms in total. The van der Waals surface area contributed by atoms with Crippen LogP contribution in [0.4, 0.5) is 17.1 Å². The second-order valence-corrected chi connectivity index (χ2v) is 6.87. The van der Waals surface area contributed by atoms with Crippen LogP contribution in [0.25, 0.3) is 0 Å². The molecule has 0 saturated heterocycles. The summed E-state index contributed by atoms with van der Waals surface area (Å²) in [5, 5.41) is 3.32. The number of nitrogens with zero attached hydrogens (tertiary/aromatic N) is 2. The average Bonchev–Trinajstić information content (AvgIpc) is 3.05. The molecular formula is C23H23N3O2. The SMILES string of the molecule is CCOc1ccc(Nc2ccnc(C(=O)N3c4ccccc4CC3C)c2)cc1. The van der Waals surface area contributed by atoms with Gasteiger partial charge in [-0.15, -0.1) is 0 Å². The number of para-hydroxylation sites is 1. The molecule has 5 heteroatoms. The van der Waals surface area contributed by atoms with Crippen molar-refractivity contribution in [2.45, 2.75) is 26.3 Å². The molecule has 1 aliphatic heterocycles. The Labute approximate surface area is 165 Å². The fraction of sp³-hybridized carbons (Fsp3) is 0.217. The molecule has 28 heavy (non-hydrogen) atoms. The van der Waals surface area contributed by atoms with Crippen LogP contribution in [0.2, 0.25) is 0 Å². The first-order valence-corrected chi connectivity index (χ1v) is 9.53. The number of carbonyl (C=O) groups excluding carboxylic acids is 1. The van der Waals surface area contributed by atoms with Crippen LogP contribution in [-0.4, -0.2) is 23.5 Å². The molecule has 0 bridgehead atoms. The third kappa shape index (κ3) is 3.56. The molecule has 1 atom stereocenters. The van der Waals surface area contributed by atoms with Gasteiger partial charge in [-0.2, -0.15) is 0 Å². The highest BCUT2D eigenvalue weighted by molar-refractivity contribution is 6.07. The Morgan fingerprint density at radius 3 is 2.71 bits per heavy atom. The minimum absolute atomic E-state index is 0.0761. The minimum atomic E-state index is -0.0761. The summed E-state index contributed by atoms with van der Waals surface area (Å²) in [7, 11) is 0. The van der Waals surface area contributed by atoms with Crippen LogP contribution in [0.1, 0.15) is 29.9 Å². The number of rotatable bonds is 5. The van der Waals surface area contributed by atoms with Gasteiger partial charge in [-0.25, -0.2) is 0 Å². The number of hydrogen-bond donors (Lipinski definition) is 1. The molecule has 2 heterocycles. The second-order valence-electron chi connectivity index (χ2n) is 6.87. The van der Waals surface area contributed by atoms with E-state index in [4.69, 9.17) is 4.74 Å². The van der Waals surface area contributed by atoms with Crippen LogP contribution in [-0.2, 0) is 6.42 Å². The molecule has 1 aromatic heterocycles. The van der Waals surface area contributed by atoms with Crippen molar-refractivity contribution in [1.82, 2.24) is 4.98 Å². The van der Waals surface area contributed by atoms with E-state index in [-0.39, 0.29) is 11.9 Å². The van der Waals surface area contributed by atoms with Crippen LogP contribution in [0.15, 0.2) is 66.9 Å². The predicted molar refractivity (Wildman–Crippen MR) is 112 cm³/mol. The van der Waals surface area contributed by atoms with Gasteiger partial charge in [0.15, 0.2) is 0 Å². The Hall–Kier alpha value is -3.34. The first kappa shape index (κ1) is 18.0. The number of benzene rings is 2.